The fraction of sp³-hybridized carbons (Fsp3) is 0.375. The van der Waals surface area contributed by atoms with E-state index in [1.807, 2.05) is 24.3 Å². The van der Waals surface area contributed by atoms with Gasteiger partial charge in [-0.1, -0.05) is 18.6 Å². The number of aliphatic hydroxyl groups is 1. The van der Waals surface area contributed by atoms with Crippen molar-refractivity contribution in [3.63, 3.8) is 0 Å². The van der Waals surface area contributed by atoms with Crippen LogP contribution in [-0.2, 0) is 0 Å². The number of hydrogen-bond donors (Lipinski definition) is 2. The van der Waals surface area contributed by atoms with Crippen LogP contribution in [0.5, 0.6) is 0 Å². The zero-order chi connectivity index (χ0) is 14.7. The Kier molecular flexibility index (Phi) is 3.89. The Morgan fingerprint density at radius 1 is 1.29 bits per heavy atom. The van der Waals surface area contributed by atoms with E-state index in [0.717, 1.165) is 37.0 Å². The number of nitriles is 1. The minimum atomic E-state index is 0.0958. The highest BCUT2D eigenvalue weighted by Gasteiger charge is 2.17. The van der Waals surface area contributed by atoms with Gasteiger partial charge in [-0.05, 0) is 38.1 Å². The second kappa shape index (κ2) is 5.98. The number of aliphatic hydroxyl groups excluding tert-OH is 1. The molecular formula is C16H18N4O. The minimum Gasteiger partial charge on any atom is -0.509 e. The predicted octanol–water partition coefficient (Wildman–Crippen LogP) is 2.84. The zero-order valence-corrected chi connectivity index (χ0v) is 11.8. The fourth-order valence-corrected chi connectivity index (χ4v) is 2.73. The van der Waals surface area contributed by atoms with Crippen molar-refractivity contribution in [1.29, 1.82) is 5.26 Å². The van der Waals surface area contributed by atoms with Crippen LogP contribution in [0.2, 0.25) is 0 Å². The summed E-state index contributed by atoms with van der Waals surface area (Å²) in [4.78, 5) is 9.66. The summed E-state index contributed by atoms with van der Waals surface area (Å²) in [5.74, 6) is 0.534. The first-order valence-corrected chi connectivity index (χ1v) is 7.27. The highest BCUT2D eigenvalue weighted by atomic mass is 16.3. The molecule has 5 heteroatoms. The first-order valence-electron chi connectivity index (χ1n) is 7.27. The van der Waals surface area contributed by atoms with E-state index in [2.05, 4.69) is 20.9 Å². The van der Waals surface area contributed by atoms with Crippen LogP contribution in [-0.4, -0.2) is 39.6 Å². The van der Waals surface area contributed by atoms with Gasteiger partial charge in [0.25, 0.3) is 0 Å². The highest BCUT2D eigenvalue weighted by molar-refractivity contribution is 5.82. The molecule has 1 fully saturated rings. The van der Waals surface area contributed by atoms with Gasteiger partial charge in [0.05, 0.1) is 17.6 Å². The van der Waals surface area contributed by atoms with Crippen molar-refractivity contribution in [1.82, 2.24) is 14.9 Å². The summed E-state index contributed by atoms with van der Waals surface area (Å²) in [6, 6.07) is 9.67. The molecule has 3 rings (SSSR count). The maximum Gasteiger partial charge on any atom is 0.152 e. The molecular weight excluding hydrogens is 264 g/mol. The molecule has 2 heterocycles. The van der Waals surface area contributed by atoms with Crippen LogP contribution in [0.1, 0.15) is 25.1 Å². The van der Waals surface area contributed by atoms with Gasteiger partial charge < -0.3 is 10.1 Å². The average Bonchev–Trinajstić information content (AvgIpc) is 2.92. The number of aromatic nitrogens is 2. The largest absolute Gasteiger partial charge is 0.509 e. The van der Waals surface area contributed by atoms with E-state index in [-0.39, 0.29) is 11.3 Å². The van der Waals surface area contributed by atoms with E-state index in [0.29, 0.717) is 12.4 Å². The summed E-state index contributed by atoms with van der Waals surface area (Å²) in [5.41, 5.74) is 1.90. The van der Waals surface area contributed by atoms with E-state index in [1.54, 1.807) is 0 Å². The first-order chi connectivity index (χ1) is 10.3. The SMILES string of the molecule is N#C/C(=C(/O)CN1CCCCC1)c1nc2ccccc2[nH]1. The number of aromatic amines is 1. The minimum absolute atomic E-state index is 0.0958. The van der Waals surface area contributed by atoms with Gasteiger partial charge >= 0.3 is 0 Å². The number of piperidine rings is 1. The van der Waals surface area contributed by atoms with Crippen LogP contribution < -0.4 is 0 Å². The van der Waals surface area contributed by atoms with Gasteiger partial charge in [0.1, 0.15) is 17.4 Å². The van der Waals surface area contributed by atoms with Gasteiger partial charge in [-0.15, -0.1) is 0 Å². The van der Waals surface area contributed by atoms with Gasteiger partial charge in [0, 0.05) is 0 Å². The molecule has 0 aliphatic carbocycles. The molecule has 2 aromatic rings. The number of hydrogen-bond acceptors (Lipinski definition) is 4. The number of nitrogens with zero attached hydrogens (tertiary/aromatic N) is 3. The van der Waals surface area contributed by atoms with Gasteiger partial charge in [0.2, 0.25) is 0 Å². The molecule has 1 aromatic heterocycles. The number of para-hydroxylation sites is 2. The molecule has 0 atom stereocenters. The van der Waals surface area contributed by atoms with Crippen molar-refractivity contribution >= 4 is 16.6 Å². The van der Waals surface area contributed by atoms with Crippen molar-refractivity contribution in [3.05, 3.63) is 35.8 Å². The first kappa shape index (κ1) is 13.7. The molecule has 1 saturated heterocycles. The van der Waals surface area contributed by atoms with Gasteiger partial charge in [-0.25, -0.2) is 4.98 Å². The van der Waals surface area contributed by atoms with E-state index in [9.17, 15) is 10.4 Å². The molecule has 1 aromatic carbocycles. The number of imidazole rings is 1. The van der Waals surface area contributed by atoms with Crippen LogP contribution in [0.25, 0.3) is 16.6 Å². The summed E-state index contributed by atoms with van der Waals surface area (Å²) >= 11 is 0. The second-order valence-corrected chi connectivity index (χ2v) is 5.37. The lowest BCUT2D eigenvalue weighted by Gasteiger charge is -2.25. The number of H-pyrrole nitrogens is 1. The number of rotatable bonds is 3. The quantitative estimate of drug-likeness (QED) is 0.670. The Morgan fingerprint density at radius 2 is 2.05 bits per heavy atom. The topological polar surface area (TPSA) is 75.9 Å². The third-order valence-electron chi connectivity index (χ3n) is 3.85. The fourth-order valence-electron chi connectivity index (χ4n) is 2.73. The Labute approximate surface area is 123 Å². The van der Waals surface area contributed by atoms with Crippen LogP contribution in [0.4, 0.5) is 0 Å². The van der Waals surface area contributed by atoms with Gasteiger partial charge in [-0.3, -0.25) is 4.90 Å². The molecule has 0 saturated carbocycles. The molecule has 21 heavy (non-hydrogen) atoms. The summed E-state index contributed by atoms with van der Waals surface area (Å²) in [7, 11) is 0. The molecule has 0 amide bonds. The Balaban J connectivity index is 1.88. The van der Waals surface area contributed by atoms with Gasteiger partial charge in [0.15, 0.2) is 5.82 Å². The van der Waals surface area contributed by atoms with Gasteiger partial charge in [-0.2, -0.15) is 5.26 Å². The second-order valence-electron chi connectivity index (χ2n) is 5.37. The summed E-state index contributed by atoms with van der Waals surface area (Å²) in [5, 5.41) is 19.7. The summed E-state index contributed by atoms with van der Waals surface area (Å²) in [6.07, 6.45) is 3.55. The Bertz CT molecular complexity index is 671. The number of benzene rings is 1. The molecule has 0 spiro atoms. The predicted molar refractivity (Wildman–Crippen MR) is 81.5 cm³/mol. The lowest BCUT2D eigenvalue weighted by Crippen LogP contribution is -2.31. The Morgan fingerprint density at radius 3 is 2.76 bits per heavy atom. The molecule has 2 N–H and O–H groups in total. The third-order valence-corrected chi connectivity index (χ3v) is 3.85. The van der Waals surface area contributed by atoms with Crippen LogP contribution in [0, 0.1) is 11.3 Å². The van der Waals surface area contributed by atoms with Crippen molar-refractivity contribution in [2.75, 3.05) is 19.6 Å². The molecule has 0 unspecified atom stereocenters. The number of allylic oxidation sites excluding steroid dienone is 1. The molecule has 108 valence electrons. The molecule has 5 nitrogen and oxygen atoms in total. The van der Waals surface area contributed by atoms with E-state index in [1.165, 1.54) is 6.42 Å². The average molecular weight is 282 g/mol. The monoisotopic (exact) mass is 282 g/mol. The number of nitrogens with one attached hydrogen (secondary N) is 1. The van der Waals surface area contributed by atoms with Crippen molar-refractivity contribution in [3.8, 4) is 6.07 Å². The number of fused-ring (bicyclic) bond motifs is 1. The smallest absolute Gasteiger partial charge is 0.152 e. The lowest BCUT2D eigenvalue weighted by atomic mass is 10.1. The molecule has 1 aliphatic heterocycles. The Hall–Kier alpha value is -2.32. The third kappa shape index (κ3) is 2.91. The van der Waals surface area contributed by atoms with E-state index >= 15 is 0 Å². The molecule has 0 bridgehead atoms. The van der Waals surface area contributed by atoms with Crippen LogP contribution in [0.15, 0.2) is 30.0 Å². The molecule has 1 aliphatic rings. The highest BCUT2D eigenvalue weighted by Crippen LogP contribution is 2.20. The summed E-state index contributed by atoms with van der Waals surface area (Å²) < 4.78 is 0. The summed E-state index contributed by atoms with van der Waals surface area (Å²) in [6.45, 7) is 2.37. The van der Waals surface area contributed by atoms with Crippen molar-refractivity contribution < 1.29 is 5.11 Å². The van der Waals surface area contributed by atoms with Crippen molar-refractivity contribution in [2.24, 2.45) is 0 Å². The maximum atomic E-state index is 10.3. The van der Waals surface area contributed by atoms with Crippen molar-refractivity contribution in [2.45, 2.75) is 19.3 Å². The van der Waals surface area contributed by atoms with E-state index < -0.39 is 0 Å². The lowest BCUT2D eigenvalue weighted by molar-refractivity contribution is 0.215. The van der Waals surface area contributed by atoms with Crippen LogP contribution >= 0.6 is 0 Å². The zero-order valence-electron chi connectivity index (χ0n) is 11.8. The molecule has 0 radical (unpaired) electrons. The van der Waals surface area contributed by atoms with Crippen LogP contribution in [0.3, 0.4) is 0 Å². The normalized spacial score (nSPS) is 17.5. The standard InChI is InChI=1S/C16H18N4O/c17-10-12(15(21)11-20-8-4-1-5-9-20)16-18-13-6-2-3-7-14(13)19-16/h2-3,6-7,21H,1,4-5,8-9,11H2,(H,18,19)/b15-12-. The van der Waals surface area contributed by atoms with E-state index in [4.69, 9.17) is 0 Å². The number of likely N-dealkylation sites (tertiary alicyclic amines) is 1. The maximum absolute atomic E-state index is 10.3.